The lowest BCUT2D eigenvalue weighted by molar-refractivity contribution is -0.157. The number of rotatable bonds is 2. The molecular formula is C7H11NO5. The van der Waals surface area contributed by atoms with Crippen LogP contribution in [0.15, 0.2) is 0 Å². The fraction of sp³-hybridized carbons (Fsp3) is 0.714. The number of nitrogens with one attached hydrogen (secondary N) is 1. The summed E-state index contributed by atoms with van der Waals surface area (Å²) in [5, 5.41) is 19.5. The van der Waals surface area contributed by atoms with E-state index in [9.17, 15) is 9.59 Å². The Kier molecular flexibility index (Phi) is 2.42. The second-order valence-corrected chi connectivity index (χ2v) is 3.07. The standard InChI is InChI=1S/C7H11NO5/c1-13-5(10)7(8-6(11)12)2-4(9)3-7/h4,8-9H,2-3H2,1H3,(H,11,12). The number of carbonyl (C=O) groups excluding carboxylic acids is 1. The summed E-state index contributed by atoms with van der Waals surface area (Å²) in [5.41, 5.74) is -1.24. The predicted octanol–water partition coefficient (Wildman–Crippen LogP) is -0.680. The smallest absolute Gasteiger partial charge is 0.405 e. The van der Waals surface area contributed by atoms with Crippen molar-refractivity contribution in [2.24, 2.45) is 0 Å². The van der Waals surface area contributed by atoms with Crippen molar-refractivity contribution in [3.8, 4) is 0 Å². The van der Waals surface area contributed by atoms with Gasteiger partial charge in [-0.15, -0.1) is 0 Å². The van der Waals surface area contributed by atoms with E-state index in [2.05, 4.69) is 10.1 Å². The highest BCUT2D eigenvalue weighted by Crippen LogP contribution is 2.33. The summed E-state index contributed by atoms with van der Waals surface area (Å²) in [6.07, 6.45) is -1.78. The number of hydrogen-bond acceptors (Lipinski definition) is 4. The lowest BCUT2D eigenvalue weighted by atomic mass is 9.74. The average Bonchev–Trinajstić information content (AvgIpc) is 1.98. The van der Waals surface area contributed by atoms with Gasteiger partial charge in [0.05, 0.1) is 13.2 Å². The van der Waals surface area contributed by atoms with Crippen molar-refractivity contribution < 1.29 is 24.5 Å². The normalized spacial score (nSPS) is 31.7. The predicted molar refractivity (Wildman–Crippen MR) is 41.1 cm³/mol. The molecule has 0 atom stereocenters. The minimum absolute atomic E-state index is 0.0754. The third-order valence-electron chi connectivity index (χ3n) is 2.09. The Bertz CT molecular complexity index is 233. The maximum Gasteiger partial charge on any atom is 0.405 e. The number of methoxy groups -OCH3 is 1. The topological polar surface area (TPSA) is 95.9 Å². The number of carbonyl (C=O) groups is 2. The highest BCUT2D eigenvalue weighted by atomic mass is 16.5. The van der Waals surface area contributed by atoms with Crippen LogP contribution in [0.5, 0.6) is 0 Å². The molecular weight excluding hydrogens is 178 g/mol. The van der Waals surface area contributed by atoms with Gasteiger partial charge in [-0.1, -0.05) is 0 Å². The monoisotopic (exact) mass is 189 g/mol. The molecule has 0 aromatic rings. The third-order valence-corrected chi connectivity index (χ3v) is 2.09. The van der Waals surface area contributed by atoms with Crippen molar-refractivity contribution in [3.05, 3.63) is 0 Å². The van der Waals surface area contributed by atoms with Crippen LogP contribution in [0.3, 0.4) is 0 Å². The van der Waals surface area contributed by atoms with Crippen LogP contribution in [0.4, 0.5) is 4.79 Å². The van der Waals surface area contributed by atoms with Gasteiger partial charge in [0.1, 0.15) is 5.54 Å². The van der Waals surface area contributed by atoms with Gasteiger partial charge >= 0.3 is 12.1 Å². The molecule has 1 aliphatic rings. The first-order valence-electron chi connectivity index (χ1n) is 3.78. The van der Waals surface area contributed by atoms with E-state index in [1.807, 2.05) is 0 Å². The summed E-state index contributed by atoms with van der Waals surface area (Å²) < 4.78 is 4.43. The Balaban J connectivity index is 2.66. The molecule has 1 fully saturated rings. The third kappa shape index (κ3) is 1.72. The van der Waals surface area contributed by atoms with Gasteiger partial charge in [0, 0.05) is 12.8 Å². The van der Waals surface area contributed by atoms with Crippen molar-refractivity contribution in [1.29, 1.82) is 0 Å². The molecule has 0 unspecified atom stereocenters. The summed E-state index contributed by atoms with van der Waals surface area (Å²) in [4.78, 5) is 21.5. The number of esters is 1. The molecule has 1 aliphatic carbocycles. The van der Waals surface area contributed by atoms with Gasteiger partial charge in [-0.3, -0.25) is 0 Å². The van der Waals surface area contributed by atoms with E-state index in [4.69, 9.17) is 10.2 Å². The Labute approximate surface area is 74.5 Å². The zero-order valence-corrected chi connectivity index (χ0v) is 7.11. The van der Waals surface area contributed by atoms with E-state index < -0.39 is 23.7 Å². The maximum absolute atomic E-state index is 11.1. The van der Waals surface area contributed by atoms with Gasteiger partial charge in [0.25, 0.3) is 0 Å². The summed E-state index contributed by atoms with van der Waals surface area (Å²) in [7, 11) is 1.18. The van der Waals surface area contributed by atoms with Gasteiger partial charge in [0.2, 0.25) is 0 Å². The van der Waals surface area contributed by atoms with Gasteiger partial charge in [-0.05, 0) is 0 Å². The van der Waals surface area contributed by atoms with Crippen molar-refractivity contribution in [3.63, 3.8) is 0 Å². The molecule has 6 nitrogen and oxygen atoms in total. The van der Waals surface area contributed by atoms with Crippen LogP contribution >= 0.6 is 0 Å². The fourth-order valence-electron chi connectivity index (χ4n) is 1.46. The quantitative estimate of drug-likeness (QED) is 0.500. The van der Waals surface area contributed by atoms with Crippen LogP contribution in [0.2, 0.25) is 0 Å². The van der Waals surface area contributed by atoms with Crippen LogP contribution < -0.4 is 5.32 Å². The zero-order valence-electron chi connectivity index (χ0n) is 7.11. The highest BCUT2D eigenvalue weighted by molar-refractivity contribution is 5.86. The highest BCUT2D eigenvalue weighted by Gasteiger charge is 2.52. The van der Waals surface area contributed by atoms with Gasteiger partial charge in [0.15, 0.2) is 0 Å². The number of amides is 1. The van der Waals surface area contributed by atoms with Crippen molar-refractivity contribution in [2.45, 2.75) is 24.5 Å². The van der Waals surface area contributed by atoms with Gasteiger partial charge in [-0.2, -0.15) is 0 Å². The van der Waals surface area contributed by atoms with Gasteiger partial charge in [-0.25, -0.2) is 9.59 Å². The zero-order chi connectivity index (χ0) is 10.1. The SMILES string of the molecule is COC(=O)C1(NC(=O)O)CC(O)C1. The number of hydrogen-bond donors (Lipinski definition) is 3. The molecule has 74 valence electrons. The Morgan fingerprint density at radius 3 is 2.38 bits per heavy atom. The number of aliphatic hydroxyl groups excluding tert-OH is 1. The maximum atomic E-state index is 11.1. The van der Waals surface area contributed by atoms with E-state index in [-0.39, 0.29) is 12.8 Å². The minimum Gasteiger partial charge on any atom is -0.467 e. The minimum atomic E-state index is -1.29. The van der Waals surface area contributed by atoms with Crippen LogP contribution in [-0.4, -0.2) is 41.0 Å². The molecule has 0 radical (unpaired) electrons. The molecule has 0 aliphatic heterocycles. The van der Waals surface area contributed by atoms with E-state index in [1.54, 1.807) is 0 Å². The van der Waals surface area contributed by atoms with Gasteiger partial charge < -0.3 is 20.3 Å². The fourth-order valence-corrected chi connectivity index (χ4v) is 1.46. The van der Waals surface area contributed by atoms with E-state index in [0.717, 1.165) is 0 Å². The molecule has 0 heterocycles. The molecule has 1 rings (SSSR count). The second-order valence-electron chi connectivity index (χ2n) is 3.07. The Hall–Kier alpha value is -1.30. The second kappa shape index (κ2) is 3.21. The Morgan fingerprint density at radius 1 is 1.54 bits per heavy atom. The van der Waals surface area contributed by atoms with E-state index in [0.29, 0.717) is 0 Å². The lowest BCUT2D eigenvalue weighted by Gasteiger charge is -2.41. The molecule has 1 amide bonds. The van der Waals surface area contributed by atoms with E-state index in [1.165, 1.54) is 7.11 Å². The molecule has 0 saturated heterocycles. The molecule has 0 bridgehead atoms. The first kappa shape index (κ1) is 9.79. The molecule has 3 N–H and O–H groups in total. The number of aliphatic hydroxyl groups is 1. The first-order chi connectivity index (χ1) is 6.00. The lowest BCUT2D eigenvalue weighted by Crippen LogP contribution is -2.64. The van der Waals surface area contributed by atoms with Crippen molar-refractivity contribution in [2.75, 3.05) is 7.11 Å². The summed E-state index contributed by atoms with van der Waals surface area (Å²) in [5.74, 6) is -0.653. The van der Waals surface area contributed by atoms with Crippen LogP contribution in [0, 0.1) is 0 Å². The van der Waals surface area contributed by atoms with E-state index >= 15 is 0 Å². The summed E-state index contributed by atoms with van der Waals surface area (Å²) in [6, 6.07) is 0. The molecule has 13 heavy (non-hydrogen) atoms. The molecule has 0 aromatic carbocycles. The molecule has 6 heteroatoms. The largest absolute Gasteiger partial charge is 0.467 e. The van der Waals surface area contributed by atoms with Crippen LogP contribution in [0.25, 0.3) is 0 Å². The average molecular weight is 189 g/mol. The number of ether oxygens (including phenoxy) is 1. The van der Waals surface area contributed by atoms with Crippen LogP contribution in [-0.2, 0) is 9.53 Å². The molecule has 1 saturated carbocycles. The van der Waals surface area contributed by atoms with Crippen molar-refractivity contribution in [1.82, 2.24) is 5.32 Å². The van der Waals surface area contributed by atoms with Crippen LogP contribution in [0.1, 0.15) is 12.8 Å². The molecule has 0 aromatic heterocycles. The first-order valence-corrected chi connectivity index (χ1v) is 3.78. The Morgan fingerprint density at radius 2 is 2.08 bits per heavy atom. The molecule has 0 spiro atoms. The summed E-state index contributed by atoms with van der Waals surface area (Å²) >= 11 is 0. The number of carboxylic acid groups (broad SMARTS) is 1. The summed E-state index contributed by atoms with van der Waals surface area (Å²) in [6.45, 7) is 0. The van der Waals surface area contributed by atoms with Crippen molar-refractivity contribution >= 4 is 12.1 Å².